The average molecular weight is 244 g/mol. The van der Waals surface area contributed by atoms with Gasteiger partial charge in [0.05, 0.1) is 12.3 Å². The maximum atomic E-state index is 9.73. The van der Waals surface area contributed by atoms with E-state index in [1.807, 2.05) is 4.90 Å². The zero-order valence-corrected chi connectivity index (χ0v) is 9.98. The second kappa shape index (κ2) is 4.53. The van der Waals surface area contributed by atoms with Gasteiger partial charge in [-0.15, -0.1) is 0 Å². The highest BCUT2D eigenvalue weighted by molar-refractivity contribution is 6.32. The zero-order valence-electron chi connectivity index (χ0n) is 9.22. The number of ether oxygens (including phenoxy) is 1. The van der Waals surface area contributed by atoms with Gasteiger partial charge in [-0.3, -0.25) is 0 Å². The van der Waals surface area contributed by atoms with Crippen LogP contribution in [0.25, 0.3) is 0 Å². The molecule has 0 amide bonds. The van der Waals surface area contributed by atoms with Gasteiger partial charge < -0.3 is 14.7 Å². The van der Waals surface area contributed by atoms with Crippen molar-refractivity contribution < 1.29 is 9.84 Å². The van der Waals surface area contributed by atoms with Gasteiger partial charge in [-0.2, -0.15) is 0 Å². The molecule has 0 unspecified atom stereocenters. The third-order valence-electron chi connectivity index (χ3n) is 2.69. The van der Waals surface area contributed by atoms with E-state index in [4.69, 9.17) is 16.3 Å². The summed E-state index contributed by atoms with van der Waals surface area (Å²) >= 11 is 6.03. The minimum atomic E-state index is -0.503. The van der Waals surface area contributed by atoms with E-state index in [-0.39, 0.29) is 6.10 Å². The highest BCUT2D eigenvalue weighted by Crippen LogP contribution is 2.26. The Morgan fingerprint density at radius 3 is 2.94 bits per heavy atom. The SMILES string of the molecule is CO[C@H]1CN(c2nc(C)ncc2Cl)C[C@@H]1O. The Bertz CT molecular complexity index is 388. The molecule has 2 atom stereocenters. The number of aryl methyl sites for hydroxylation is 1. The lowest BCUT2D eigenvalue weighted by Crippen LogP contribution is -2.25. The first-order valence-electron chi connectivity index (χ1n) is 5.06. The van der Waals surface area contributed by atoms with Gasteiger partial charge in [0.25, 0.3) is 0 Å². The molecule has 0 aliphatic carbocycles. The molecule has 1 saturated heterocycles. The molecule has 1 aliphatic heterocycles. The lowest BCUT2D eigenvalue weighted by molar-refractivity contribution is 0.0217. The van der Waals surface area contributed by atoms with E-state index in [0.29, 0.717) is 29.8 Å². The van der Waals surface area contributed by atoms with Gasteiger partial charge in [-0.1, -0.05) is 11.6 Å². The van der Waals surface area contributed by atoms with Crippen LogP contribution in [0.3, 0.4) is 0 Å². The number of aromatic nitrogens is 2. The molecule has 0 aromatic carbocycles. The number of anilines is 1. The van der Waals surface area contributed by atoms with Gasteiger partial charge in [-0.05, 0) is 6.92 Å². The number of β-amino-alcohol motifs (C(OH)–C–C–N with tert-alkyl or cyclic N) is 1. The van der Waals surface area contributed by atoms with Crippen LogP contribution in [0, 0.1) is 6.92 Å². The zero-order chi connectivity index (χ0) is 11.7. The van der Waals surface area contributed by atoms with E-state index in [0.717, 1.165) is 0 Å². The first-order chi connectivity index (χ1) is 7.61. The van der Waals surface area contributed by atoms with E-state index < -0.39 is 6.10 Å². The highest BCUT2D eigenvalue weighted by Gasteiger charge is 2.33. The van der Waals surface area contributed by atoms with Crippen LogP contribution >= 0.6 is 11.6 Å². The molecule has 5 nitrogen and oxygen atoms in total. The lowest BCUT2D eigenvalue weighted by Gasteiger charge is -2.17. The fourth-order valence-corrected chi connectivity index (χ4v) is 2.04. The minimum Gasteiger partial charge on any atom is -0.388 e. The first kappa shape index (κ1) is 11.6. The summed E-state index contributed by atoms with van der Waals surface area (Å²) < 4.78 is 5.17. The Morgan fingerprint density at radius 2 is 2.31 bits per heavy atom. The maximum absolute atomic E-state index is 9.73. The molecule has 1 N–H and O–H groups in total. The molecule has 88 valence electrons. The van der Waals surface area contributed by atoms with E-state index in [1.54, 1.807) is 20.2 Å². The van der Waals surface area contributed by atoms with Crippen molar-refractivity contribution in [3.05, 3.63) is 17.0 Å². The van der Waals surface area contributed by atoms with E-state index >= 15 is 0 Å². The first-order valence-corrected chi connectivity index (χ1v) is 5.44. The largest absolute Gasteiger partial charge is 0.388 e. The molecule has 0 saturated carbocycles. The van der Waals surface area contributed by atoms with Gasteiger partial charge in [0.2, 0.25) is 0 Å². The minimum absolute atomic E-state index is 0.189. The fraction of sp³-hybridized carbons (Fsp3) is 0.600. The van der Waals surface area contributed by atoms with Gasteiger partial charge >= 0.3 is 0 Å². The number of methoxy groups -OCH3 is 1. The molecule has 16 heavy (non-hydrogen) atoms. The van der Waals surface area contributed by atoms with Crippen LogP contribution in [0.1, 0.15) is 5.82 Å². The summed E-state index contributed by atoms with van der Waals surface area (Å²) in [5, 5.41) is 10.2. The summed E-state index contributed by atoms with van der Waals surface area (Å²) in [7, 11) is 1.59. The molecule has 6 heteroatoms. The predicted molar refractivity (Wildman–Crippen MR) is 60.8 cm³/mol. The molecule has 1 aromatic rings. The molecule has 2 rings (SSSR count). The van der Waals surface area contributed by atoms with Crippen molar-refractivity contribution in [2.75, 3.05) is 25.1 Å². The standard InChI is InChI=1S/C10H14ClN3O2/c1-6-12-3-7(11)10(13-6)14-4-8(15)9(5-14)16-2/h3,8-9,15H,4-5H2,1-2H3/t8-,9-/m0/s1. The quantitative estimate of drug-likeness (QED) is 0.826. The Balaban J connectivity index is 2.22. The molecular weight excluding hydrogens is 230 g/mol. The third-order valence-corrected chi connectivity index (χ3v) is 2.95. The third kappa shape index (κ3) is 2.11. The van der Waals surface area contributed by atoms with E-state index in [9.17, 15) is 5.11 Å². The van der Waals surface area contributed by atoms with Crippen molar-refractivity contribution in [1.29, 1.82) is 0 Å². The Kier molecular flexibility index (Phi) is 3.28. The van der Waals surface area contributed by atoms with E-state index in [2.05, 4.69) is 9.97 Å². The molecule has 2 heterocycles. The van der Waals surface area contributed by atoms with Gasteiger partial charge in [-0.25, -0.2) is 9.97 Å². The highest BCUT2D eigenvalue weighted by atomic mass is 35.5. The van der Waals surface area contributed by atoms with Crippen LogP contribution in [0.15, 0.2) is 6.20 Å². The number of hydrogen-bond donors (Lipinski definition) is 1. The molecule has 0 spiro atoms. The van der Waals surface area contributed by atoms with Crippen molar-refractivity contribution in [3.63, 3.8) is 0 Å². The Morgan fingerprint density at radius 1 is 1.56 bits per heavy atom. The Hall–Kier alpha value is -0.910. The summed E-state index contributed by atoms with van der Waals surface area (Å²) in [6.07, 6.45) is 0.883. The van der Waals surface area contributed by atoms with Gasteiger partial charge in [0, 0.05) is 20.2 Å². The number of nitrogens with zero attached hydrogens (tertiary/aromatic N) is 3. The maximum Gasteiger partial charge on any atom is 0.151 e. The number of hydrogen-bond acceptors (Lipinski definition) is 5. The molecule has 1 aromatic heterocycles. The van der Waals surface area contributed by atoms with Gasteiger partial charge in [0.1, 0.15) is 17.0 Å². The molecule has 0 bridgehead atoms. The van der Waals surface area contributed by atoms with Crippen LogP contribution in [0.5, 0.6) is 0 Å². The van der Waals surface area contributed by atoms with Crippen LogP contribution < -0.4 is 4.90 Å². The predicted octanol–water partition coefficient (Wildman–Crippen LogP) is 0.634. The molecule has 1 aliphatic rings. The van der Waals surface area contributed by atoms with Crippen molar-refractivity contribution in [3.8, 4) is 0 Å². The van der Waals surface area contributed by atoms with Crippen LogP contribution in [0.4, 0.5) is 5.82 Å². The Labute approximate surface area is 99.0 Å². The second-order valence-corrected chi connectivity index (χ2v) is 4.24. The van der Waals surface area contributed by atoms with Crippen LogP contribution in [-0.2, 0) is 4.74 Å². The van der Waals surface area contributed by atoms with Crippen molar-refractivity contribution in [2.24, 2.45) is 0 Å². The summed E-state index contributed by atoms with van der Waals surface area (Å²) in [4.78, 5) is 10.2. The number of rotatable bonds is 2. The number of aliphatic hydroxyl groups is 1. The molecule has 1 fully saturated rings. The van der Waals surface area contributed by atoms with Crippen LogP contribution in [-0.4, -0.2) is 47.5 Å². The summed E-state index contributed by atoms with van der Waals surface area (Å²) in [6.45, 7) is 2.88. The summed E-state index contributed by atoms with van der Waals surface area (Å²) in [6, 6.07) is 0. The number of halogens is 1. The summed E-state index contributed by atoms with van der Waals surface area (Å²) in [5.74, 6) is 1.32. The van der Waals surface area contributed by atoms with Crippen molar-refractivity contribution in [1.82, 2.24) is 9.97 Å². The summed E-state index contributed by atoms with van der Waals surface area (Å²) in [5.41, 5.74) is 0. The monoisotopic (exact) mass is 243 g/mol. The van der Waals surface area contributed by atoms with Gasteiger partial charge in [0.15, 0.2) is 5.82 Å². The van der Waals surface area contributed by atoms with Crippen molar-refractivity contribution in [2.45, 2.75) is 19.1 Å². The lowest BCUT2D eigenvalue weighted by atomic mass is 10.3. The van der Waals surface area contributed by atoms with E-state index in [1.165, 1.54) is 0 Å². The normalized spacial score (nSPS) is 25.1. The molecule has 0 radical (unpaired) electrons. The average Bonchev–Trinajstić information content (AvgIpc) is 2.63. The molecular formula is C10H14ClN3O2. The van der Waals surface area contributed by atoms with Crippen molar-refractivity contribution >= 4 is 17.4 Å². The number of aliphatic hydroxyl groups excluding tert-OH is 1. The van der Waals surface area contributed by atoms with Crippen LogP contribution in [0.2, 0.25) is 5.02 Å². The fourth-order valence-electron chi connectivity index (χ4n) is 1.83. The smallest absolute Gasteiger partial charge is 0.151 e. The second-order valence-electron chi connectivity index (χ2n) is 3.84. The topological polar surface area (TPSA) is 58.5 Å².